The molecule has 3 fully saturated rings. The van der Waals surface area contributed by atoms with Crippen LogP contribution in [0.3, 0.4) is 0 Å². The summed E-state index contributed by atoms with van der Waals surface area (Å²) in [5.41, 5.74) is 0.174. The fourth-order valence-electron chi connectivity index (χ4n) is 4.41. The second kappa shape index (κ2) is 6.07. The van der Waals surface area contributed by atoms with Gasteiger partial charge in [0.1, 0.15) is 0 Å². The second-order valence-corrected chi connectivity index (χ2v) is 7.10. The molecule has 2 amide bonds. The lowest BCUT2D eigenvalue weighted by Gasteiger charge is -2.60. The van der Waals surface area contributed by atoms with Crippen molar-refractivity contribution in [3.8, 4) is 0 Å². The van der Waals surface area contributed by atoms with Crippen LogP contribution in [-0.4, -0.2) is 42.4 Å². The number of hydrogen-bond donors (Lipinski definition) is 3. The lowest BCUT2D eigenvalue weighted by molar-refractivity contribution is -0.158. The van der Waals surface area contributed by atoms with Gasteiger partial charge in [-0.1, -0.05) is 6.42 Å². The lowest BCUT2D eigenvalue weighted by Crippen LogP contribution is -2.68. The molecule has 0 heterocycles. The molecule has 3 aliphatic rings. The lowest BCUT2D eigenvalue weighted by atomic mass is 9.51. The van der Waals surface area contributed by atoms with Gasteiger partial charge in [-0.05, 0) is 44.9 Å². The highest BCUT2D eigenvalue weighted by molar-refractivity contribution is 5.75. The molecule has 0 saturated heterocycles. The molecular weight excluding hydrogens is 284 g/mol. The molecular formula is C16H26N2O4. The minimum atomic E-state index is -0.713. The molecule has 0 radical (unpaired) electrons. The van der Waals surface area contributed by atoms with Gasteiger partial charge < -0.3 is 20.5 Å². The number of amides is 2. The fourth-order valence-corrected chi connectivity index (χ4v) is 4.41. The Labute approximate surface area is 131 Å². The van der Waals surface area contributed by atoms with E-state index in [-0.39, 0.29) is 35.6 Å². The van der Waals surface area contributed by atoms with Crippen LogP contribution in [0.2, 0.25) is 0 Å². The molecule has 3 saturated carbocycles. The summed E-state index contributed by atoms with van der Waals surface area (Å²) in [5.74, 6) is -0.955. The summed E-state index contributed by atoms with van der Waals surface area (Å²) in [7, 11) is 1.75. The summed E-state index contributed by atoms with van der Waals surface area (Å²) in [6, 6.07) is 0.220. The zero-order valence-corrected chi connectivity index (χ0v) is 13.1. The summed E-state index contributed by atoms with van der Waals surface area (Å²) < 4.78 is 5.51. The zero-order valence-electron chi connectivity index (χ0n) is 13.1. The normalized spacial score (nSPS) is 36.0. The molecule has 0 aliphatic heterocycles. The van der Waals surface area contributed by atoms with Crippen LogP contribution in [0.25, 0.3) is 0 Å². The first-order valence-electron chi connectivity index (χ1n) is 8.38. The van der Waals surface area contributed by atoms with Crippen molar-refractivity contribution in [1.29, 1.82) is 0 Å². The molecule has 0 bridgehead atoms. The summed E-state index contributed by atoms with van der Waals surface area (Å²) >= 11 is 0. The Kier molecular flexibility index (Phi) is 4.30. The Morgan fingerprint density at radius 1 is 1.14 bits per heavy atom. The molecule has 6 nitrogen and oxygen atoms in total. The number of ether oxygens (including phenoxy) is 1. The van der Waals surface area contributed by atoms with E-state index in [0.29, 0.717) is 12.8 Å². The first-order valence-corrected chi connectivity index (χ1v) is 8.38. The maximum absolute atomic E-state index is 12.2. The van der Waals surface area contributed by atoms with Crippen molar-refractivity contribution >= 4 is 12.0 Å². The van der Waals surface area contributed by atoms with Crippen LogP contribution in [0.5, 0.6) is 0 Å². The minimum absolute atomic E-state index is 0.103. The molecule has 3 aliphatic carbocycles. The standard InChI is InChI=1S/C16H26N2O4/c1-22-13-9-12(16(13)7-2-8-16)18-15(21)17-11-5-3-10(4-6-11)14(19)20/h10-13H,2-9H2,1H3,(H,19,20)(H2,17,18,21). The summed E-state index contributed by atoms with van der Waals surface area (Å²) in [4.78, 5) is 23.1. The third kappa shape index (κ3) is 2.69. The van der Waals surface area contributed by atoms with Crippen LogP contribution >= 0.6 is 0 Å². The van der Waals surface area contributed by atoms with Crippen LogP contribution in [0.4, 0.5) is 4.79 Å². The Hall–Kier alpha value is -1.30. The van der Waals surface area contributed by atoms with Gasteiger partial charge in [0.05, 0.1) is 12.0 Å². The van der Waals surface area contributed by atoms with Gasteiger partial charge in [0, 0.05) is 24.6 Å². The maximum atomic E-state index is 12.2. The van der Waals surface area contributed by atoms with E-state index < -0.39 is 5.97 Å². The average Bonchev–Trinajstić information content (AvgIpc) is 2.41. The highest BCUT2D eigenvalue weighted by Crippen LogP contribution is 2.57. The molecule has 124 valence electrons. The van der Waals surface area contributed by atoms with Crippen LogP contribution in [-0.2, 0) is 9.53 Å². The number of carboxylic acids is 1. The van der Waals surface area contributed by atoms with Crippen molar-refractivity contribution < 1.29 is 19.4 Å². The number of nitrogens with one attached hydrogen (secondary N) is 2. The third-order valence-electron chi connectivity index (χ3n) is 6.07. The first kappa shape index (κ1) is 15.6. The summed E-state index contributed by atoms with van der Waals surface area (Å²) in [6.45, 7) is 0. The smallest absolute Gasteiger partial charge is 0.315 e. The molecule has 3 N–H and O–H groups in total. The quantitative estimate of drug-likeness (QED) is 0.740. The molecule has 6 heteroatoms. The van der Waals surface area contributed by atoms with Gasteiger partial charge in [-0.15, -0.1) is 0 Å². The van der Waals surface area contributed by atoms with Crippen LogP contribution in [0.15, 0.2) is 0 Å². The van der Waals surface area contributed by atoms with Crippen molar-refractivity contribution in [1.82, 2.24) is 10.6 Å². The van der Waals surface area contributed by atoms with E-state index >= 15 is 0 Å². The predicted octanol–water partition coefficient (Wildman–Crippen LogP) is 1.89. The maximum Gasteiger partial charge on any atom is 0.315 e. The van der Waals surface area contributed by atoms with E-state index in [1.165, 1.54) is 6.42 Å². The highest BCUT2D eigenvalue weighted by Gasteiger charge is 2.59. The Balaban J connectivity index is 1.43. The molecule has 0 aromatic heterocycles. The van der Waals surface area contributed by atoms with E-state index in [9.17, 15) is 9.59 Å². The van der Waals surface area contributed by atoms with Crippen LogP contribution in [0, 0.1) is 11.3 Å². The number of methoxy groups -OCH3 is 1. The van der Waals surface area contributed by atoms with Gasteiger partial charge in [0.2, 0.25) is 0 Å². The molecule has 1 spiro atoms. The minimum Gasteiger partial charge on any atom is -0.481 e. The molecule has 0 aromatic rings. The van der Waals surface area contributed by atoms with Gasteiger partial charge in [0.25, 0.3) is 0 Å². The molecule has 22 heavy (non-hydrogen) atoms. The first-order chi connectivity index (χ1) is 10.5. The van der Waals surface area contributed by atoms with Crippen LogP contribution in [0.1, 0.15) is 51.4 Å². The number of urea groups is 1. The number of carbonyl (C=O) groups is 2. The number of hydrogen-bond acceptors (Lipinski definition) is 3. The van der Waals surface area contributed by atoms with Gasteiger partial charge in [-0.25, -0.2) is 4.79 Å². The van der Waals surface area contributed by atoms with Crippen molar-refractivity contribution in [3.63, 3.8) is 0 Å². The molecule has 3 rings (SSSR count). The van der Waals surface area contributed by atoms with Crippen LogP contribution < -0.4 is 10.6 Å². The molecule has 2 unspecified atom stereocenters. The van der Waals surface area contributed by atoms with Crippen molar-refractivity contribution in [2.75, 3.05) is 7.11 Å². The number of carbonyl (C=O) groups excluding carboxylic acids is 1. The fraction of sp³-hybridized carbons (Fsp3) is 0.875. The summed E-state index contributed by atoms with van der Waals surface area (Å²) in [6.07, 6.45) is 7.49. The Morgan fingerprint density at radius 3 is 2.32 bits per heavy atom. The zero-order chi connectivity index (χ0) is 15.7. The topological polar surface area (TPSA) is 87.7 Å². The average molecular weight is 310 g/mol. The SMILES string of the molecule is COC1CC(NC(=O)NC2CCC(C(=O)O)CC2)C12CCC2. The van der Waals surface area contributed by atoms with E-state index in [1.807, 2.05) is 0 Å². The number of carboxylic acid groups (broad SMARTS) is 1. The third-order valence-corrected chi connectivity index (χ3v) is 6.07. The van der Waals surface area contributed by atoms with E-state index in [2.05, 4.69) is 10.6 Å². The van der Waals surface area contributed by atoms with E-state index in [4.69, 9.17) is 9.84 Å². The van der Waals surface area contributed by atoms with Gasteiger partial charge in [0.15, 0.2) is 0 Å². The second-order valence-electron chi connectivity index (χ2n) is 7.10. The van der Waals surface area contributed by atoms with Gasteiger partial charge in [-0.3, -0.25) is 4.79 Å². The molecule has 0 aromatic carbocycles. The van der Waals surface area contributed by atoms with E-state index in [0.717, 1.165) is 32.1 Å². The van der Waals surface area contributed by atoms with E-state index in [1.54, 1.807) is 7.11 Å². The predicted molar refractivity (Wildman–Crippen MR) is 80.5 cm³/mol. The number of aliphatic carboxylic acids is 1. The largest absolute Gasteiger partial charge is 0.481 e. The number of rotatable bonds is 4. The molecule has 2 atom stereocenters. The van der Waals surface area contributed by atoms with Gasteiger partial charge >= 0.3 is 12.0 Å². The van der Waals surface area contributed by atoms with Crippen molar-refractivity contribution in [2.24, 2.45) is 11.3 Å². The van der Waals surface area contributed by atoms with Gasteiger partial charge in [-0.2, -0.15) is 0 Å². The highest BCUT2D eigenvalue weighted by atomic mass is 16.5. The monoisotopic (exact) mass is 310 g/mol. The van der Waals surface area contributed by atoms with Crippen molar-refractivity contribution in [3.05, 3.63) is 0 Å². The van der Waals surface area contributed by atoms with Crippen molar-refractivity contribution in [2.45, 2.75) is 69.6 Å². The summed E-state index contributed by atoms with van der Waals surface area (Å²) in [5, 5.41) is 15.1. The Bertz CT molecular complexity index is 441. The Morgan fingerprint density at radius 2 is 1.82 bits per heavy atom.